The van der Waals surface area contributed by atoms with Crippen molar-refractivity contribution >= 4 is 11.9 Å². The summed E-state index contributed by atoms with van der Waals surface area (Å²) in [5, 5.41) is 15.6. The number of rotatable bonds is 2. The summed E-state index contributed by atoms with van der Waals surface area (Å²) < 4.78 is 0. The summed E-state index contributed by atoms with van der Waals surface area (Å²) in [6.07, 6.45) is 1.12. The van der Waals surface area contributed by atoms with E-state index in [0.29, 0.717) is 12.2 Å². The van der Waals surface area contributed by atoms with Gasteiger partial charge in [0.25, 0.3) is 0 Å². The maximum Gasteiger partial charge on any atom is 0.328 e. The van der Waals surface area contributed by atoms with Crippen LogP contribution in [0, 0.1) is 5.92 Å². The summed E-state index contributed by atoms with van der Waals surface area (Å²) in [6.45, 7) is 6.50. The van der Waals surface area contributed by atoms with Crippen LogP contribution in [0.1, 0.15) is 20.8 Å². The van der Waals surface area contributed by atoms with Gasteiger partial charge in [-0.1, -0.05) is 20.8 Å². The molecule has 0 aliphatic rings. The Morgan fingerprint density at radius 1 is 1.00 bits per heavy atom. The summed E-state index contributed by atoms with van der Waals surface area (Å²) in [4.78, 5) is 19.1. The monoisotopic (exact) mass is 191 g/mol. The smallest absolute Gasteiger partial charge is 0.328 e. The van der Waals surface area contributed by atoms with Gasteiger partial charge in [-0.25, -0.2) is 9.59 Å². The van der Waals surface area contributed by atoms with Crippen molar-refractivity contribution in [3.8, 4) is 0 Å². The topological polar surface area (TPSA) is 110 Å². The fourth-order valence-electron chi connectivity index (χ4n) is 0.143. The summed E-state index contributed by atoms with van der Waals surface area (Å²) in [7, 11) is 0. The maximum atomic E-state index is 9.55. The molecule has 0 fully saturated rings. The van der Waals surface area contributed by atoms with Crippen molar-refractivity contribution in [1.82, 2.24) is 6.15 Å². The van der Waals surface area contributed by atoms with E-state index in [1.165, 1.54) is 0 Å². The molecule has 5 heteroatoms. The normalized spacial score (nSPS) is 8.62. The van der Waals surface area contributed by atoms with Crippen LogP contribution < -0.4 is 6.15 Å². The molecule has 0 bridgehead atoms. The first-order chi connectivity index (χ1) is 5.36. The molecule has 13 heavy (non-hydrogen) atoms. The van der Waals surface area contributed by atoms with E-state index >= 15 is 0 Å². The van der Waals surface area contributed by atoms with Crippen LogP contribution in [0.5, 0.6) is 0 Å². The first-order valence-corrected chi connectivity index (χ1v) is 3.50. The fourth-order valence-corrected chi connectivity index (χ4v) is 0.143. The molecule has 5 N–H and O–H groups in total. The second-order valence-electron chi connectivity index (χ2n) is 2.74. The predicted molar refractivity (Wildman–Crippen MR) is 49.9 cm³/mol. The van der Waals surface area contributed by atoms with E-state index in [1.807, 2.05) is 0 Å². The molecule has 0 saturated heterocycles. The second kappa shape index (κ2) is 10.6. The lowest BCUT2D eigenvalue weighted by atomic mass is 10.3. The van der Waals surface area contributed by atoms with Crippen molar-refractivity contribution in [2.45, 2.75) is 20.8 Å². The molecule has 0 unspecified atom stereocenters. The van der Waals surface area contributed by atoms with Gasteiger partial charge in [-0.2, -0.15) is 0 Å². The summed E-state index contributed by atoms with van der Waals surface area (Å²) >= 11 is 0. The zero-order chi connectivity index (χ0) is 10.1. The number of hydrogen-bond donors (Lipinski definition) is 3. The van der Waals surface area contributed by atoms with Crippen LogP contribution in [0.25, 0.3) is 0 Å². The van der Waals surface area contributed by atoms with Crippen molar-refractivity contribution in [2.75, 3.05) is 0 Å². The van der Waals surface area contributed by atoms with Crippen LogP contribution >= 0.6 is 0 Å². The third kappa shape index (κ3) is 59.9. The zero-order valence-electron chi connectivity index (χ0n) is 8.15. The standard InChI is InChI=1S/C4H4O4.C4H10.H3N/c5-3(6)1-2-4(7)8;1-4(2)3;/h1-2H,(H,5,6)(H,7,8);4H,1-3H3;1H3/b2-1+;;. The molecule has 0 aliphatic carbocycles. The predicted octanol–water partition coefficient (Wildman–Crippen LogP) is 1.54. The van der Waals surface area contributed by atoms with Gasteiger partial charge in [-0.3, -0.25) is 0 Å². The van der Waals surface area contributed by atoms with E-state index in [-0.39, 0.29) is 6.15 Å². The zero-order valence-corrected chi connectivity index (χ0v) is 8.15. The molecule has 78 valence electrons. The molecule has 0 aliphatic heterocycles. The fraction of sp³-hybridized carbons (Fsp3) is 0.500. The Balaban J connectivity index is -0.000000173. The lowest BCUT2D eigenvalue weighted by Crippen LogP contribution is -1.91. The second-order valence-corrected chi connectivity index (χ2v) is 2.74. The molecule has 0 atom stereocenters. The Bertz CT molecular complexity index is 156. The highest BCUT2D eigenvalue weighted by Crippen LogP contribution is 1.81. The van der Waals surface area contributed by atoms with Crippen LogP contribution in [-0.4, -0.2) is 22.2 Å². The Morgan fingerprint density at radius 2 is 1.15 bits per heavy atom. The molecule has 0 spiro atoms. The molecule has 0 aromatic carbocycles. The van der Waals surface area contributed by atoms with E-state index < -0.39 is 11.9 Å². The third-order valence-electron chi connectivity index (χ3n) is 0.368. The molecule has 0 heterocycles. The first-order valence-electron chi connectivity index (χ1n) is 3.50. The molecule has 0 radical (unpaired) electrons. The van der Waals surface area contributed by atoms with Crippen molar-refractivity contribution in [3.05, 3.63) is 12.2 Å². The van der Waals surface area contributed by atoms with Crippen LogP contribution in [0.2, 0.25) is 0 Å². The highest BCUT2D eigenvalue weighted by atomic mass is 16.4. The van der Waals surface area contributed by atoms with Crippen LogP contribution in [0.15, 0.2) is 12.2 Å². The third-order valence-corrected chi connectivity index (χ3v) is 0.368. The number of carbonyl (C=O) groups is 2. The Labute approximate surface area is 77.7 Å². The number of aliphatic carboxylic acids is 2. The van der Waals surface area contributed by atoms with E-state index in [2.05, 4.69) is 20.8 Å². The highest BCUT2D eigenvalue weighted by molar-refractivity contribution is 5.89. The van der Waals surface area contributed by atoms with Gasteiger partial charge in [0.15, 0.2) is 0 Å². The van der Waals surface area contributed by atoms with Crippen LogP contribution in [0.3, 0.4) is 0 Å². The van der Waals surface area contributed by atoms with Crippen molar-refractivity contribution in [1.29, 1.82) is 0 Å². The minimum Gasteiger partial charge on any atom is -0.478 e. The minimum absolute atomic E-state index is 0. The van der Waals surface area contributed by atoms with Crippen molar-refractivity contribution in [3.63, 3.8) is 0 Å². The summed E-state index contributed by atoms with van der Waals surface area (Å²) in [5.41, 5.74) is 0. The minimum atomic E-state index is -1.26. The molecule has 0 rings (SSSR count). The lowest BCUT2D eigenvalue weighted by molar-refractivity contribution is -0.134. The SMILES string of the molecule is CC(C)C.N.O=C(O)/C=C/C(=O)O. The van der Waals surface area contributed by atoms with Gasteiger partial charge in [0.1, 0.15) is 0 Å². The Hall–Kier alpha value is -1.36. The van der Waals surface area contributed by atoms with Crippen LogP contribution in [-0.2, 0) is 9.59 Å². The first kappa shape index (κ1) is 17.7. The van der Waals surface area contributed by atoms with Gasteiger partial charge in [-0.05, 0) is 5.92 Å². The molecular formula is C8H17NO4. The average molecular weight is 191 g/mol. The molecule has 0 aromatic heterocycles. The van der Waals surface area contributed by atoms with Gasteiger partial charge < -0.3 is 16.4 Å². The van der Waals surface area contributed by atoms with Crippen molar-refractivity contribution < 1.29 is 19.8 Å². The van der Waals surface area contributed by atoms with E-state index in [0.717, 1.165) is 5.92 Å². The van der Waals surface area contributed by atoms with Gasteiger partial charge in [-0.15, -0.1) is 0 Å². The molecular weight excluding hydrogens is 174 g/mol. The van der Waals surface area contributed by atoms with Crippen LogP contribution in [0.4, 0.5) is 0 Å². The summed E-state index contributed by atoms with van der Waals surface area (Å²) in [6, 6.07) is 0. The molecule has 5 nitrogen and oxygen atoms in total. The summed E-state index contributed by atoms with van der Waals surface area (Å²) in [5.74, 6) is -1.68. The quantitative estimate of drug-likeness (QED) is 0.573. The van der Waals surface area contributed by atoms with Crippen molar-refractivity contribution in [2.24, 2.45) is 5.92 Å². The number of carboxylic acids is 2. The molecule has 0 amide bonds. The largest absolute Gasteiger partial charge is 0.478 e. The van der Waals surface area contributed by atoms with E-state index in [4.69, 9.17) is 10.2 Å². The molecule has 0 saturated carbocycles. The van der Waals surface area contributed by atoms with E-state index in [9.17, 15) is 9.59 Å². The number of carboxylic acid groups (broad SMARTS) is 2. The Morgan fingerprint density at radius 3 is 1.23 bits per heavy atom. The lowest BCUT2D eigenvalue weighted by Gasteiger charge is -1.79. The van der Waals surface area contributed by atoms with E-state index in [1.54, 1.807) is 0 Å². The average Bonchev–Trinajstić information content (AvgIpc) is 1.82. The van der Waals surface area contributed by atoms with Gasteiger partial charge in [0.2, 0.25) is 0 Å². The highest BCUT2D eigenvalue weighted by Gasteiger charge is 1.88. The maximum absolute atomic E-state index is 9.55. The Kier molecular flexibility index (Phi) is 14.4. The number of hydrogen-bond acceptors (Lipinski definition) is 3. The van der Waals surface area contributed by atoms with Gasteiger partial charge >= 0.3 is 11.9 Å². The van der Waals surface area contributed by atoms with Gasteiger partial charge in [0, 0.05) is 12.2 Å². The molecule has 0 aromatic rings. The van der Waals surface area contributed by atoms with Gasteiger partial charge in [0.05, 0.1) is 0 Å².